The molecule has 1 aliphatic heterocycles. The van der Waals surface area contributed by atoms with E-state index in [0.29, 0.717) is 16.9 Å². The first-order chi connectivity index (χ1) is 7.50. The van der Waals surface area contributed by atoms with Gasteiger partial charge in [-0.1, -0.05) is 0 Å². The zero-order chi connectivity index (χ0) is 11.9. The van der Waals surface area contributed by atoms with Crippen LogP contribution in [0.1, 0.15) is 12.5 Å². The summed E-state index contributed by atoms with van der Waals surface area (Å²) in [6.07, 6.45) is 0.111. The van der Waals surface area contributed by atoms with E-state index in [2.05, 4.69) is 0 Å². The van der Waals surface area contributed by atoms with Gasteiger partial charge in [0.05, 0.1) is 12.1 Å². The molecule has 0 fully saturated rings. The highest BCUT2D eigenvalue weighted by Gasteiger charge is 2.34. The number of carbonyl (C=O) groups excluding carboxylic acids is 3. The van der Waals surface area contributed by atoms with E-state index in [1.165, 1.54) is 0 Å². The largest absolute Gasteiger partial charge is 0.399 e. The van der Waals surface area contributed by atoms with E-state index in [1.807, 2.05) is 0 Å². The Morgan fingerprint density at radius 1 is 1.38 bits per heavy atom. The maximum absolute atomic E-state index is 11.6. The first-order valence-electron chi connectivity index (χ1n) is 4.77. The summed E-state index contributed by atoms with van der Waals surface area (Å²) < 4.78 is 0. The second kappa shape index (κ2) is 3.44. The summed E-state index contributed by atoms with van der Waals surface area (Å²) in [6.45, 7) is 1.14. The number of Topliss-reactive ketones (excluding diaryl/α,β-unsaturated/α-hetero) is 1. The lowest BCUT2D eigenvalue weighted by molar-refractivity contribution is -0.137. The molecule has 0 saturated heterocycles. The molecular formula is C11H10N2O3. The molecule has 2 N–H and O–H groups in total. The summed E-state index contributed by atoms with van der Waals surface area (Å²) in [5.41, 5.74) is 7.25. The van der Waals surface area contributed by atoms with Crippen molar-refractivity contribution in [1.29, 1.82) is 0 Å². The first kappa shape index (κ1) is 10.4. The lowest BCUT2D eigenvalue weighted by atomic mass is 10.1. The van der Waals surface area contributed by atoms with Gasteiger partial charge in [-0.3, -0.25) is 14.4 Å². The number of nitrogen functional groups attached to an aromatic ring is 1. The third-order valence-electron chi connectivity index (χ3n) is 2.44. The van der Waals surface area contributed by atoms with Crippen molar-refractivity contribution in [2.24, 2.45) is 0 Å². The van der Waals surface area contributed by atoms with Crippen LogP contribution in [0.4, 0.5) is 11.4 Å². The molecule has 1 aromatic carbocycles. The molecule has 5 heteroatoms. The number of ketones is 1. The molecule has 2 amide bonds. The molecule has 0 bridgehead atoms. The minimum absolute atomic E-state index is 0.111. The number of benzene rings is 1. The van der Waals surface area contributed by atoms with Crippen LogP contribution in [0.25, 0.3) is 0 Å². The van der Waals surface area contributed by atoms with Crippen LogP contribution in [0, 0.1) is 0 Å². The summed E-state index contributed by atoms with van der Waals surface area (Å²) in [5, 5.41) is 0. The molecule has 1 aromatic rings. The lowest BCUT2D eigenvalue weighted by Gasteiger charge is -2.13. The Balaban J connectivity index is 2.48. The normalized spacial score (nSPS) is 13.8. The molecule has 2 rings (SSSR count). The van der Waals surface area contributed by atoms with Crippen LogP contribution >= 0.6 is 0 Å². The van der Waals surface area contributed by atoms with Crippen molar-refractivity contribution in [3.8, 4) is 0 Å². The molecule has 0 atom stereocenters. The van der Waals surface area contributed by atoms with Gasteiger partial charge in [0.25, 0.3) is 0 Å². The maximum Gasteiger partial charge on any atom is 0.300 e. The minimum Gasteiger partial charge on any atom is -0.399 e. The summed E-state index contributed by atoms with van der Waals surface area (Å²) in [4.78, 5) is 35.0. The molecule has 0 radical (unpaired) electrons. The number of nitrogens with two attached hydrogens (primary N) is 1. The van der Waals surface area contributed by atoms with Crippen LogP contribution in [-0.4, -0.2) is 17.6 Å². The van der Waals surface area contributed by atoms with Gasteiger partial charge < -0.3 is 5.73 Å². The van der Waals surface area contributed by atoms with Crippen molar-refractivity contribution in [3.05, 3.63) is 23.8 Å². The van der Waals surface area contributed by atoms with E-state index in [1.54, 1.807) is 18.2 Å². The monoisotopic (exact) mass is 218 g/mol. The Labute approximate surface area is 91.8 Å². The molecule has 5 nitrogen and oxygen atoms in total. The van der Waals surface area contributed by atoms with E-state index in [0.717, 1.165) is 11.8 Å². The molecule has 0 unspecified atom stereocenters. The number of anilines is 2. The van der Waals surface area contributed by atoms with E-state index < -0.39 is 11.7 Å². The molecule has 0 saturated carbocycles. The van der Waals surface area contributed by atoms with Gasteiger partial charge in [-0.2, -0.15) is 0 Å². The number of nitrogens with zero attached hydrogens (tertiary/aromatic N) is 1. The number of imide groups is 1. The fourth-order valence-corrected chi connectivity index (χ4v) is 1.72. The van der Waals surface area contributed by atoms with Crippen LogP contribution in [-0.2, 0) is 20.8 Å². The van der Waals surface area contributed by atoms with Crippen LogP contribution in [0.5, 0.6) is 0 Å². The van der Waals surface area contributed by atoms with Crippen molar-refractivity contribution in [2.75, 3.05) is 10.6 Å². The molecule has 1 heterocycles. The highest BCUT2D eigenvalue weighted by atomic mass is 16.2. The quantitative estimate of drug-likeness (QED) is 0.542. The van der Waals surface area contributed by atoms with Crippen molar-refractivity contribution < 1.29 is 14.4 Å². The van der Waals surface area contributed by atoms with Crippen LogP contribution in [0.2, 0.25) is 0 Å². The third-order valence-corrected chi connectivity index (χ3v) is 2.44. The van der Waals surface area contributed by atoms with Crippen molar-refractivity contribution in [1.82, 2.24) is 0 Å². The maximum atomic E-state index is 11.6. The van der Waals surface area contributed by atoms with Crippen molar-refractivity contribution >= 4 is 29.0 Å². The van der Waals surface area contributed by atoms with E-state index in [-0.39, 0.29) is 12.3 Å². The minimum atomic E-state index is -0.798. The Morgan fingerprint density at radius 2 is 2.06 bits per heavy atom. The second-order valence-electron chi connectivity index (χ2n) is 3.66. The van der Waals surface area contributed by atoms with Gasteiger partial charge in [-0.15, -0.1) is 0 Å². The number of rotatable bonds is 1. The Morgan fingerprint density at radius 3 is 2.69 bits per heavy atom. The molecule has 1 aliphatic rings. The van der Waals surface area contributed by atoms with Gasteiger partial charge in [-0.05, 0) is 23.8 Å². The molecule has 16 heavy (non-hydrogen) atoms. The average molecular weight is 218 g/mol. The van der Waals surface area contributed by atoms with Crippen molar-refractivity contribution in [2.45, 2.75) is 13.3 Å². The number of amides is 2. The third kappa shape index (κ3) is 1.46. The number of hydrogen-bond acceptors (Lipinski definition) is 4. The van der Waals surface area contributed by atoms with Gasteiger partial charge in [0.15, 0.2) is 0 Å². The van der Waals surface area contributed by atoms with Gasteiger partial charge in [0.2, 0.25) is 11.7 Å². The topological polar surface area (TPSA) is 80.5 Å². The summed E-state index contributed by atoms with van der Waals surface area (Å²) >= 11 is 0. The number of carbonyl (C=O) groups is 3. The van der Waals surface area contributed by atoms with Crippen LogP contribution in [0.3, 0.4) is 0 Å². The molecule has 0 aromatic heterocycles. The number of hydrogen-bond donors (Lipinski definition) is 1. The average Bonchev–Trinajstić information content (AvgIpc) is 2.51. The summed E-state index contributed by atoms with van der Waals surface area (Å²) in [5.74, 6) is -1.84. The second-order valence-corrected chi connectivity index (χ2v) is 3.66. The van der Waals surface area contributed by atoms with E-state index in [4.69, 9.17) is 5.73 Å². The van der Waals surface area contributed by atoms with E-state index in [9.17, 15) is 14.4 Å². The Bertz CT molecular complexity index is 508. The standard InChI is InChI=1S/C11H10N2O3/c1-6(14)11(16)13-9-3-2-8(12)4-7(9)5-10(13)15/h2-4H,5,12H2,1H3. The lowest BCUT2D eigenvalue weighted by Crippen LogP contribution is -2.37. The predicted octanol–water partition coefficient (Wildman–Crippen LogP) is 0.273. The van der Waals surface area contributed by atoms with E-state index >= 15 is 0 Å². The highest BCUT2D eigenvalue weighted by Crippen LogP contribution is 2.30. The fraction of sp³-hybridized carbons (Fsp3) is 0.182. The summed E-state index contributed by atoms with van der Waals surface area (Å²) in [7, 11) is 0. The Hall–Kier alpha value is -2.17. The molecule has 0 spiro atoms. The smallest absolute Gasteiger partial charge is 0.300 e. The first-order valence-corrected chi connectivity index (χ1v) is 4.77. The predicted molar refractivity (Wildman–Crippen MR) is 57.7 cm³/mol. The van der Waals surface area contributed by atoms with Gasteiger partial charge in [-0.25, -0.2) is 4.90 Å². The Kier molecular flexibility index (Phi) is 2.23. The molecule has 0 aliphatic carbocycles. The molecular weight excluding hydrogens is 208 g/mol. The number of fused-ring (bicyclic) bond motifs is 1. The highest BCUT2D eigenvalue weighted by molar-refractivity contribution is 6.46. The zero-order valence-corrected chi connectivity index (χ0v) is 8.69. The van der Waals surface area contributed by atoms with Crippen molar-refractivity contribution in [3.63, 3.8) is 0 Å². The fourth-order valence-electron chi connectivity index (χ4n) is 1.72. The summed E-state index contributed by atoms with van der Waals surface area (Å²) in [6, 6.07) is 4.81. The van der Waals surface area contributed by atoms with Crippen LogP contribution < -0.4 is 10.6 Å². The van der Waals surface area contributed by atoms with Gasteiger partial charge in [0, 0.05) is 12.6 Å². The molecule has 82 valence electrons. The van der Waals surface area contributed by atoms with Gasteiger partial charge in [0.1, 0.15) is 0 Å². The van der Waals surface area contributed by atoms with Gasteiger partial charge >= 0.3 is 5.91 Å². The van der Waals surface area contributed by atoms with Crippen LogP contribution in [0.15, 0.2) is 18.2 Å². The zero-order valence-electron chi connectivity index (χ0n) is 8.69. The SMILES string of the molecule is CC(=O)C(=O)N1C(=O)Cc2cc(N)ccc21.